The Kier molecular flexibility index (Phi) is 7.38. The number of aliphatic imine (C=N–C) groups is 1. The summed E-state index contributed by atoms with van der Waals surface area (Å²) in [5.74, 6) is -1.16. The minimum absolute atomic E-state index is 0.0119. The monoisotopic (exact) mass is 402 g/mol. The summed E-state index contributed by atoms with van der Waals surface area (Å²) >= 11 is 0. The standard InChI is InChI=1S/C20H23FN4O4/c1-4-5-13(22)12-23-18-8-6-15(25(27)28)10-16(18)20(26)24(2)14-7-9-19(29-3)17(21)11-14/h6-13H,4-5,22H2,1-3H3. The summed E-state index contributed by atoms with van der Waals surface area (Å²) in [6, 6.07) is 7.56. The summed E-state index contributed by atoms with van der Waals surface area (Å²) in [5, 5.41) is 11.2. The number of hydrogen-bond acceptors (Lipinski definition) is 6. The van der Waals surface area contributed by atoms with Crippen LogP contribution in [0.5, 0.6) is 5.75 Å². The van der Waals surface area contributed by atoms with E-state index in [1.807, 2.05) is 6.92 Å². The van der Waals surface area contributed by atoms with E-state index < -0.39 is 16.6 Å². The normalized spacial score (nSPS) is 12.0. The van der Waals surface area contributed by atoms with Gasteiger partial charge in [0.15, 0.2) is 11.6 Å². The fourth-order valence-electron chi connectivity index (χ4n) is 2.67. The van der Waals surface area contributed by atoms with Crippen molar-refractivity contribution in [2.24, 2.45) is 10.7 Å². The number of carbonyl (C=O) groups is 1. The average molecular weight is 402 g/mol. The number of carbonyl (C=O) groups excluding carboxylic acids is 1. The number of nitrogens with zero attached hydrogens (tertiary/aromatic N) is 3. The van der Waals surface area contributed by atoms with Crippen LogP contribution < -0.4 is 15.4 Å². The Morgan fingerprint density at radius 3 is 2.69 bits per heavy atom. The highest BCUT2D eigenvalue weighted by atomic mass is 19.1. The second kappa shape index (κ2) is 9.74. The molecular formula is C20H23FN4O4. The van der Waals surface area contributed by atoms with E-state index in [-0.39, 0.29) is 34.4 Å². The lowest BCUT2D eigenvalue weighted by molar-refractivity contribution is -0.384. The Bertz CT molecular complexity index is 933. The van der Waals surface area contributed by atoms with Gasteiger partial charge in [0.25, 0.3) is 11.6 Å². The highest BCUT2D eigenvalue weighted by molar-refractivity contribution is 6.09. The number of anilines is 1. The predicted octanol–water partition coefficient (Wildman–Crippen LogP) is 3.85. The fourth-order valence-corrected chi connectivity index (χ4v) is 2.67. The summed E-state index contributed by atoms with van der Waals surface area (Å²) in [5.41, 5.74) is 6.19. The van der Waals surface area contributed by atoms with Gasteiger partial charge in [-0.15, -0.1) is 0 Å². The molecule has 2 aromatic carbocycles. The lowest BCUT2D eigenvalue weighted by Crippen LogP contribution is -2.26. The van der Waals surface area contributed by atoms with Gasteiger partial charge < -0.3 is 15.4 Å². The first-order chi connectivity index (χ1) is 13.8. The van der Waals surface area contributed by atoms with Gasteiger partial charge in [-0.1, -0.05) is 13.3 Å². The van der Waals surface area contributed by atoms with Gasteiger partial charge in [-0.05, 0) is 24.6 Å². The molecule has 2 aromatic rings. The number of nitro benzene ring substituents is 1. The van der Waals surface area contributed by atoms with Crippen LogP contribution >= 0.6 is 0 Å². The lowest BCUT2D eigenvalue weighted by Gasteiger charge is -2.19. The summed E-state index contributed by atoms with van der Waals surface area (Å²) in [7, 11) is 2.78. The number of methoxy groups -OCH3 is 1. The molecule has 0 saturated heterocycles. The summed E-state index contributed by atoms with van der Waals surface area (Å²) in [4.78, 5) is 29.0. The van der Waals surface area contributed by atoms with Gasteiger partial charge in [-0.3, -0.25) is 19.9 Å². The van der Waals surface area contributed by atoms with Crippen LogP contribution in [0.2, 0.25) is 0 Å². The smallest absolute Gasteiger partial charge is 0.270 e. The van der Waals surface area contributed by atoms with Gasteiger partial charge in [-0.2, -0.15) is 0 Å². The van der Waals surface area contributed by atoms with Crippen LogP contribution in [0.3, 0.4) is 0 Å². The SMILES string of the molecule is CCCC(N)C=Nc1ccc([N+](=O)[O-])cc1C(=O)N(C)c1ccc(OC)c(F)c1. The Hall–Kier alpha value is -3.33. The Morgan fingerprint density at radius 1 is 1.38 bits per heavy atom. The topological polar surface area (TPSA) is 111 Å². The van der Waals surface area contributed by atoms with E-state index in [4.69, 9.17) is 10.5 Å². The van der Waals surface area contributed by atoms with Crippen LogP contribution in [0.15, 0.2) is 41.4 Å². The van der Waals surface area contributed by atoms with Crippen molar-refractivity contribution in [3.63, 3.8) is 0 Å². The minimum atomic E-state index is -0.632. The molecule has 9 heteroatoms. The molecule has 0 heterocycles. The highest BCUT2D eigenvalue weighted by Crippen LogP contribution is 2.29. The molecule has 1 unspecified atom stereocenters. The van der Waals surface area contributed by atoms with Crippen molar-refractivity contribution in [1.29, 1.82) is 0 Å². The van der Waals surface area contributed by atoms with E-state index in [9.17, 15) is 19.3 Å². The van der Waals surface area contributed by atoms with Gasteiger partial charge in [0, 0.05) is 43.2 Å². The third-order valence-corrected chi connectivity index (χ3v) is 4.28. The first-order valence-electron chi connectivity index (χ1n) is 8.98. The highest BCUT2D eigenvalue weighted by Gasteiger charge is 2.21. The van der Waals surface area contributed by atoms with E-state index in [1.165, 1.54) is 49.5 Å². The van der Waals surface area contributed by atoms with Crippen molar-refractivity contribution in [1.82, 2.24) is 0 Å². The third-order valence-electron chi connectivity index (χ3n) is 4.28. The van der Waals surface area contributed by atoms with Gasteiger partial charge in [0.2, 0.25) is 0 Å². The molecule has 1 amide bonds. The number of amides is 1. The van der Waals surface area contributed by atoms with Crippen molar-refractivity contribution >= 4 is 29.2 Å². The zero-order chi connectivity index (χ0) is 21.6. The first-order valence-corrected chi connectivity index (χ1v) is 8.98. The van der Waals surface area contributed by atoms with E-state index in [1.54, 1.807) is 0 Å². The number of ether oxygens (including phenoxy) is 1. The largest absolute Gasteiger partial charge is 0.494 e. The van der Waals surface area contributed by atoms with Gasteiger partial charge >= 0.3 is 0 Å². The van der Waals surface area contributed by atoms with E-state index in [0.717, 1.165) is 18.6 Å². The number of halogens is 1. The molecule has 154 valence electrons. The molecule has 0 aliphatic carbocycles. The molecule has 2 N–H and O–H groups in total. The second-order valence-corrected chi connectivity index (χ2v) is 6.37. The van der Waals surface area contributed by atoms with Crippen LogP contribution in [0.1, 0.15) is 30.1 Å². The Labute approximate surface area is 167 Å². The number of nitrogens with two attached hydrogens (primary N) is 1. The number of benzene rings is 2. The maximum absolute atomic E-state index is 14.0. The molecule has 0 saturated carbocycles. The van der Waals surface area contributed by atoms with Crippen LogP contribution in [-0.2, 0) is 0 Å². The third kappa shape index (κ3) is 5.35. The molecule has 0 spiro atoms. The van der Waals surface area contributed by atoms with Crippen LogP contribution in [0.25, 0.3) is 0 Å². The predicted molar refractivity (Wildman–Crippen MR) is 110 cm³/mol. The maximum Gasteiger partial charge on any atom is 0.270 e. The molecule has 0 aliphatic rings. The molecule has 2 rings (SSSR count). The molecule has 0 bridgehead atoms. The first kappa shape index (κ1) is 22.0. The summed E-state index contributed by atoms with van der Waals surface area (Å²) in [6.07, 6.45) is 3.09. The number of hydrogen-bond donors (Lipinski definition) is 1. The van der Waals surface area contributed by atoms with E-state index >= 15 is 0 Å². The van der Waals surface area contributed by atoms with Gasteiger partial charge in [0.1, 0.15) is 0 Å². The lowest BCUT2D eigenvalue weighted by atomic mass is 10.1. The van der Waals surface area contributed by atoms with Gasteiger partial charge in [-0.25, -0.2) is 4.39 Å². The van der Waals surface area contributed by atoms with E-state index in [0.29, 0.717) is 6.42 Å². The molecular weight excluding hydrogens is 379 g/mol. The fraction of sp³-hybridized carbons (Fsp3) is 0.300. The summed E-state index contributed by atoms with van der Waals surface area (Å²) < 4.78 is 18.9. The van der Waals surface area contributed by atoms with Crippen LogP contribution in [-0.4, -0.2) is 37.2 Å². The molecule has 0 fully saturated rings. The van der Waals surface area contributed by atoms with Crippen molar-refractivity contribution in [2.45, 2.75) is 25.8 Å². The molecule has 29 heavy (non-hydrogen) atoms. The van der Waals surface area contributed by atoms with Crippen molar-refractivity contribution in [3.8, 4) is 5.75 Å². The number of non-ortho nitro benzene ring substituents is 1. The Balaban J connectivity index is 2.43. The van der Waals surface area contributed by atoms with Crippen LogP contribution in [0.4, 0.5) is 21.5 Å². The zero-order valence-corrected chi connectivity index (χ0v) is 16.5. The number of rotatable bonds is 8. The maximum atomic E-state index is 14.0. The molecule has 0 aromatic heterocycles. The van der Waals surface area contributed by atoms with Crippen LogP contribution in [0, 0.1) is 15.9 Å². The molecule has 0 aliphatic heterocycles. The van der Waals surface area contributed by atoms with Crippen molar-refractivity contribution < 1.29 is 18.8 Å². The quantitative estimate of drug-likeness (QED) is 0.410. The van der Waals surface area contributed by atoms with Crippen molar-refractivity contribution in [2.75, 3.05) is 19.1 Å². The zero-order valence-electron chi connectivity index (χ0n) is 16.5. The van der Waals surface area contributed by atoms with Crippen molar-refractivity contribution in [3.05, 3.63) is 57.9 Å². The molecule has 1 atom stereocenters. The number of nitro groups is 1. The summed E-state index contributed by atoms with van der Waals surface area (Å²) in [6.45, 7) is 1.98. The molecule has 8 nitrogen and oxygen atoms in total. The minimum Gasteiger partial charge on any atom is -0.494 e. The van der Waals surface area contributed by atoms with E-state index in [2.05, 4.69) is 4.99 Å². The molecule has 0 radical (unpaired) electrons. The average Bonchev–Trinajstić information content (AvgIpc) is 2.71. The second-order valence-electron chi connectivity index (χ2n) is 6.37. The van der Waals surface area contributed by atoms with Gasteiger partial charge in [0.05, 0.1) is 23.3 Å². The Morgan fingerprint density at radius 2 is 2.10 bits per heavy atom.